The summed E-state index contributed by atoms with van der Waals surface area (Å²) in [6, 6.07) is 3.84. The highest BCUT2D eigenvalue weighted by Crippen LogP contribution is 2.27. The lowest BCUT2D eigenvalue weighted by atomic mass is 10.0. The van der Waals surface area contributed by atoms with Gasteiger partial charge in [-0.15, -0.1) is 0 Å². The first-order chi connectivity index (χ1) is 7.15. The number of anilines is 1. The van der Waals surface area contributed by atoms with Crippen LogP contribution >= 0.6 is 0 Å². The van der Waals surface area contributed by atoms with Crippen molar-refractivity contribution >= 4 is 5.69 Å². The molecule has 0 saturated carbocycles. The van der Waals surface area contributed by atoms with Gasteiger partial charge in [-0.1, -0.05) is 32.3 Å². The number of hydrogen-bond acceptors (Lipinski definition) is 2. The van der Waals surface area contributed by atoms with Crippen LogP contribution in [0.5, 0.6) is 5.75 Å². The summed E-state index contributed by atoms with van der Waals surface area (Å²) in [6.07, 6.45) is 5.79. The summed E-state index contributed by atoms with van der Waals surface area (Å²) in [5.74, 6) is 0.275. The molecule has 0 heterocycles. The van der Waals surface area contributed by atoms with E-state index in [1.807, 2.05) is 19.1 Å². The topological polar surface area (TPSA) is 46.2 Å². The smallest absolute Gasteiger partial charge is 0.141 e. The summed E-state index contributed by atoms with van der Waals surface area (Å²) >= 11 is 0. The van der Waals surface area contributed by atoms with E-state index in [0.29, 0.717) is 5.69 Å². The van der Waals surface area contributed by atoms with Crippen LogP contribution in [-0.2, 0) is 6.42 Å². The van der Waals surface area contributed by atoms with E-state index in [9.17, 15) is 5.11 Å². The van der Waals surface area contributed by atoms with Crippen LogP contribution in [0.2, 0.25) is 0 Å². The molecule has 0 amide bonds. The van der Waals surface area contributed by atoms with E-state index in [1.165, 1.54) is 19.3 Å². The zero-order valence-electron chi connectivity index (χ0n) is 9.71. The van der Waals surface area contributed by atoms with Gasteiger partial charge in [0.05, 0.1) is 5.69 Å². The average Bonchev–Trinajstić information content (AvgIpc) is 2.19. The first-order valence-electron chi connectivity index (χ1n) is 5.73. The van der Waals surface area contributed by atoms with Gasteiger partial charge in [-0.05, 0) is 37.0 Å². The number of aromatic hydroxyl groups is 1. The molecule has 3 N–H and O–H groups in total. The molecule has 0 fully saturated rings. The summed E-state index contributed by atoms with van der Waals surface area (Å²) in [4.78, 5) is 0. The summed E-state index contributed by atoms with van der Waals surface area (Å²) in [5.41, 5.74) is 8.31. The number of nitrogens with two attached hydrogens (primary N) is 1. The van der Waals surface area contributed by atoms with Crippen LogP contribution in [-0.4, -0.2) is 5.11 Å². The number of unbranched alkanes of at least 4 members (excludes halogenated alkanes) is 3. The Hall–Kier alpha value is -1.18. The fraction of sp³-hybridized carbons (Fsp3) is 0.538. The van der Waals surface area contributed by atoms with Crippen molar-refractivity contribution in [1.82, 2.24) is 0 Å². The normalized spacial score (nSPS) is 10.5. The molecule has 0 spiro atoms. The van der Waals surface area contributed by atoms with Gasteiger partial charge in [-0.25, -0.2) is 0 Å². The van der Waals surface area contributed by atoms with Crippen LogP contribution in [0.3, 0.4) is 0 Å². The predicted molar refractivity (Wildman–Crippen MR) is 65.1 cm³/mol. The van der Waals surface area contributed by atoms with Crippen molar-refractivity contribution in [2.75, 3.05) is 5.73 Å². The number of rotatable bonds is 5. The van der Waals surface area contributed by atoms with E-state index < -0.39 is 0 Å². The predicted octanol–water partition coefficient (Wildman–Crippen LogP) is 3.41. The molecule has 0 unspecified atom stereocenters. The second-order valence-corrected chi connectivity index (χ2v) is 4.17. The van der Waals surface area contributed by atoms with Gasteiger partial charge in [-0.3, -0.25) is 0 Å². The number of phenols is 1. The summed E-state index contributed by atoms with van der Waals surface area (Å²) in [5, 5.41) is 9.75. The van der Waals surface area contributed by atoms with Gasteiger partial charge in [0.25, 0.3) is 0 Å². The quantitative estimate of drug-likeness (QED) is 0.441. The largest absolute Gasteiger partial charge is 0.506 e. The van der Waals surface area contributed by atoms with Gasteiger partial charge in [0.1, 0.15) is 5.75 Å². The first-order valence-corrected chi connectivity index (χ1v) is 5.73. The van der Waals surface area contributed by atoms with E-state index in [1.54, 1.807) is 0 Å². The number of nitrogen functional groups attached to an aromatic ring is 1. The molecule has 0 atom stereocenters. The van der Waals surface area contributed by atoms with Crippen molar-refractivity contribution in [2.24, 2.45) is 0 Å². The Morgan fingerprint density at radius 1 is 1.20 bits per heavy atom. The van der Waals surface area contributed by atoms with E-state index in [-0.39, 0.29) is 5.75 Å². The van der Waals surface area contributed by atoms with Gasteiger partial charge in [-0.2, -0.15) is 0 Å². The van der Waals surface area contributed by atoms with Crippen molar-refractivity contribution < 1.29 is 5.11 Å². The van der Waals surface area contributed by atoms with Crippen LogP contribution in [0.1, 0.15) is 43.7 Å². The zero-order valence-corrected chi connectivity index (χ0v) is 9.71. The lowest BCUT2D eigenvalue weighted by Crippen LogP contribution is -1.93. The molecule has 1 aromatic rings. The molecule has 0 bridgehead atoms. The Morgan fingerprint density at radius 3 is 2.60 bits per heavy atom. The Labute approximate surface area is 92.1 Å². The number of benzene rings is 1. The highest BCUT2D eigenvalue weighted by molar-refractivity contribution is 5.57. The Morgan fingerprint density at radius 2 is 1.93 bits per heavy atom. The van der Waals surface area contributed by atoms with Crippen LogP contribution in [0.25, 0.3) is 0 Å². The molecule has 0 radical (unpaired) electrons. The van der Waals surface area contributed by atoms with Crippen molar-refractivity contribution in [2.45, 2.75) is 46.0 Å². The van der Waals surface area contributed by atoms with Crippen LogP contribution in [0.4, 0.5) is 5.69 Å². The maximum absolute atomic E-state index is 9.75. The number of phenolic OH excluding ortho intramolecular Hbond substituents is 1. The molecule has 1 rings (SSSR count). The average molecular weight is 207 g/mol. The third kappa shape index (κ3) is 3.46. The molecule has 2 nitrogen and oxygen atoms in total. The van der Waals surface area contributed by atoms with Gasteiger partial charge < -0.3 is 10.8 Å². The molecule has 0 aliphatic carbocycles. The molecular weight excluding hydrogens is 186 g/mol. The third-order valence-electron chi connectivity index (χ3n) is 2.66. The monoisotopic (exact) mass is 207 g/mol. The molecular formula is C13H21NO. The minimum Gasteiger partial charge on any atom is -0.506 e. The fourth-order valence-electron chi connectivity index (χ4n) is 1.82. The summed E-state index contributed by atoms with van der Waals surface area (Å²) < 4.78 is 0. The molecule has 1 aromatic carbocycles. The highest BCUT2D eigenvalue weighted by Gasteiger charge is 2.05. The zero-order chi connectivity index (χ0) is 11.3. The number of aryl methyl sites for hydroxylation is 2. The van der Waals surface area contributed by atoms with Gasteiger partial charge in [0.2, 0.25) is 0 Å². The van der Waals surface area contributed by atoms with Crippen molar-refractivity contribution in [3.05, 3.63) is 23.3 Å². The Bertz CT molecular complexity index is 321. The molecule has 0 aliphatic rings. The van der Waals surface area contributed by atoms with E-state index >= 15 is 0 Å². The van der Waals surface area contributed by atoms with E-state index in [2.05, 4.69) is 6.92 Å². The van der Waals surface area contributed by atoms with E-state index in [4.69, 9.17) is 5.73 Å². The lowest BCUT2D eigenvalue weighted by Gasteiger charge is -2.08. The highest BCUT2D eigenvalue weighted by atomic mass is 16.3. The van der Waals surface area contributed by atoms with Crippen LogP contribution in [0.15, 0.2) is 12.1 Å². The van der Waals surface area contributed by atoms with Crippen molar-refractivity contribution in [3.63, 3.8) is 0 Å². The molecule has 84 valence electrons. The Kier molecular flexibility index (Phi) is 4.47. The molecule has 0 aromatic heterocycles. The van der Waals surface area contributed by atoms with Gasteiger partial charge in [0.15, 0.2) is 0 Å². The maximum Gasteiger partial charge on any atom is 0.141 e. The Balaban J connectivity index is 2.60. The second kappa shape index (κ2) is 5.64. The first kappa shape index (κ1) is 11.9. The van der Waals surface area contributed by atoms with Gasteiger partial charge >= 0.3 is 0 Å². The summed E-state index contributed by atoms with van der Waals surface area (Å²) in [7, 11) is 0. The standard InChI is InChI=1S/C13H21NO/c1-3-4-5-6-7-11-8-10(2)9-12(14)13(11)15/h8-9,15H,3-7,14H2,1-2H3. The van der Waals surface area contributed by atoms with Crippen LogP contribution < -0.4 is 5.73 Å². The molecule has 2 heteroatoms. The minimum atomic E-state index is 0.275. The molecule has 15 heavy (non-hydrogen) atoms. The van der Waals surface area contributed by atoms with Crippen molar-refractivity contribution in [1.29, 1.82) is 0 Å². The molecule has 0 aliphatic heterocycles. The number of hydrogen-bond donors (Lipinski definition) is 2. The van der Waals surface area contributed by atoms with Crippen LogP contribution in [0, 0.1) is 6.92 Å². The lowest BCUT2D eigenvalue weighted by molar-refractivity contribution is 0.469. The maximum atomic E-state index is 9.75. The minimum absolute atomic E-state index is 0.275. The third-order valence-corrected chi connectivity index (χ3v) is 2.66. The molecule has 0 saturated heterocycles. The second-order valence-electron chi connectivity index (χ2n) is 4.17. The van der Waals surface area contributed by atoms with Gasteiger partial charge in [0, 0.05) is 0 Å². The van der Waals surface area contributed by atoms with Crippen molar-refractivity contribution in [3.8, 4) is 5.75 Å². The van der Waals surface area contributed by atoms with E-state index in [0.717, 1.165) is 24.0 Å². The summed E-state index contributed by atoms with van der Waals surface area (Å²) in [6.45, 7) is 4.20. The SMILES string of the molecule is CCCCCCc1cc(C)cc(N)c1O. The fourth-order valence-corrected chi connectivity index (χ4v) is 1.82.